The van der Waals surface area contributed by atoms with Crippen LogP contribution >= 0.6 is 0 Å². The van der Waals surface area contributed by atoms with Crippen LogP contribution in [0.25, 0.3) is 11.3 Å². The lowest BCUT2D eigenvalue weighted by molar-refractivity contribution is -0.141. The average Bonchev–Trinajstić information content (AvgIpc) is 2.55. The van der Waals surface area contributed by atoms with Crippen molar-refractivity contribution in [3.8, 4) is 11.3 Å². The zero-order chi connectivity index (χ0) is 15.9. The van der Waals surface area contributed by atoms with Gasteiger partial charge in [0.2, 0.25) is 5.91 Å². The van der Waals surface area contributed by atoms with Crippen molar-refractivity contribution in [3.63, 3.8) is 0 Å². The number of carbonyl (C=O) groups excluding carboxylic acids is 2. The summed E-state index contributed by atoms with van der Waals surface area (Å²) in [4.78, 5) is 34.4. The van der Waals surface area contributed by atoms with E-state index in [2.05, 4.69) is 15.2 Å². The zero-order valence-electron chi connectivity index (χ0n) is 12.0. The van der Waals surface area contributed by atoms with Crippen molar-refractivity contribution in [2.75, 3.05) is 13.7 Å². The second kappa shape index (κ2) is 7.16. The molecule has 0 saturated carbocycles. The number of esters is 1. The summed E-state index contributed by atoms with van der Waals surface area (Å²) in [5.74, 6) is -1.06. The molecule has 0 saturated heterocycles. The molecule has 0 radical (unpaired) electrons. The van der Waals surface area contributed by atoms with E-state index >= 15 is 0 Å². The number of hydrogen-bond donors (Lipinski definition) is 1. The normalized spacial score (nSPS) is 10.0. The summed E-state index contributed by atoms with van der Waals surface area (Å²) in [6.45, 7) is -0.515. The number of rotatable bonds is 5. The Bertz CT molecular complexity index is 725. The molecule has 1 aromatic carbocycles. The van der Waals surface area contributed by atoms with Crippen LogP contribution in [0.4, 0.5) is 0 Å². The van der Waals surface area contributed by atoms with Gasteiger partial charge in [-0.25, -0.2) is 4.68 Å². The highest BCUT2D eigenvalue weighted by Crippen LogP contribution is 2.13. The van der Waals surface area contributed by atoms with Gasteiger partial charge in [0, 0.05) is 11.6 Å². The van der Waals surface area contributed by atoms with Crippen molar-refractivity contribution in [2.45, 2.75) is 6.54 Å². The summed E-state index contributed by atoms with van der Waals surface area (Å²) < 4.78 is 5.46. The molecule has 2 rings (SSSR count). The summed E-state index contributed by atoms with van der Waals surface area (Å²) in [5, 5.41) is 6.51. The Morgan fingerprint density at radius 1 is 1.18 bits per heavy atom. The Morgan fingerprint density at radius 2 is 1.91 bits per heavy atom. The van der Waals surface area contributed by atoms with Crippen LogP contribution < -0.4 is 10.9 Å². The molecule has 22 heavy (non-hydrogen) atoms. The first-order valence-corrected chi connectivity index (χ1v) is 6.57. The molecule has 7 nitrogen and oxygen atoms in total. The first-order valence-electron chi connectivity index (χ1n) is 6.57. The quantitative estimate of drug-likeness (QED) is 0.797. The van der Waals surface area contributed by atoms with Crippen molar-refractivity contribution in [3.05, 3.63) is 52.8 Å². The Hall–Kier alpha value is -2.96. The van der Waals surface area contributed by atoms with Gasteiger partial charge in [-0.3, -0.25) is 14.4 Å². The highest BCUT2D eigenvalue weighted by Gasteiger charge is 2.09. The van der Waals surface area contributed by atoms with Gasteiger partial charge in [0.15, 0.2) is 0 Å². The van der Waals surface area contributed by atoms with E-state index in [9.17, 15) is 14.4 Å². The first kappa shape index (κ1) is 15.4. The van der Waals surface area contributed by atoms with Gasteiger partial charge >= 0.3 is 5.97 Å². The minimum atomic E-state index is -0.563. The van der Waals surface area contributed by atoms with Crippen LogP contribution in [-0.4, -0.2) is 35.3 Å². The maximum Gasteiger partial charge on any atom is 0.325 e. The molecular weight excluding hydrogens is 286 g/mol. The Morgan fingerprint density at radius 3 is 2.59 bits per heavy atom. The molecule has 114 valence electrons. The third kappa shape index (κ3) is 4.02. The van der Waals surface area contributed by atoms with Gasteiger partial charge in [0.1, 0.15) is 13.1 Å². The van der Waals surface area contributed by atoms with E-state index in [0.29, 0.717) is 5.69 Å². The lowest BCUT2D eigenvalue weighted by Crippen LogP contribution is -2.36. The largest absolute Gasteiger partial charge is 0.468 e. The first-order chi connectivity index (χ1) is 10.6. The molecule has 0 unspecified atom stereocenters. The molecular formula is C15H15N3O4. The second-order valence-electron chi connectivity index (χ2n) is 4.43. The van der Waals surface area contributed by atoms with Crippen LogP contribution in [0.3, 0.4) is 0 Å². The topological polar surface area (TPSA) is 90.3 Å². The number of hydrogen-bond acceptors (Lipinski definition) is 5. The maximum atomic E-state index is 11.8. The van der Waals surface area contributed by atoms with Gasteiger partial charge < -0.3 is 10.1 Å². The van der Waals surface area contributed by atoms with E-state index in [1.165, 1.54) is 13.2 Å². The monoisotopic (exact) mass is 301 g/mol. The number of methoxy groups -OCH3 is 1. The van der Waals surface area contributed by atoms with Gasteiger partial charge in [-0.1, -0.05) is 30.3 Å². The van der Waals surface area contributed by atoms with Crippen LogP contribution in [-0.2, 0) is 20.9 Å². The fraction of sp³-hybridized carbons (Fsp3) is 0.200. The fourth-order valence-electron chi connectivity index (χ4n) is 1.76. The van der Waals surface area contributed by atoms with Crippen molar-refractivity contribution < 1.29 is 14.3 Å². The number of nitrogens with zero attached hydrogens (tertiary/aromatic N) is 2. The lowest BCUT2D eigenvalue weighted by Gasteiger charge is -2.07. The van der Waals surface area contributed by atoms with Crippen molar-refractivity contribution in [2.24, 2.45) is 0 Å². The highest BCUT2D eigenvalue weighted by atomic mass is 16.5. The van der Waals surface area contributed by atoms with Crippen LogP contribution in [0.2, 0.25) is 0 Å². The molecule has 1 aromatic heterocycles. The Kier molecular flexibility index (Phi) is 5.02. The zero-order valence-corrected chi connectivity index (χ0v) is 12.0. The third-order valence-electron chi connectivity index (χ3n) is 2.89. The van der Waals surface area contributed by atoms with Gasteiger partial charge in [0.25, 0.3) is 5.56 Å². The maximum absolute atomic E-state index is 11.8. The van der Waals surface area contributed by atoms with Gasteiger partial charge in [-0.15, -0.1) is 0 Å². The smallest absolute Gasteiger partial charge is 0.325 e. The molecule has 1 heterocycles. The van der Waals surface area contributed by atoms with Crippen molar-refractivity contribution in [1.29, 1.82) is 0 Å². The Labute approximate surface area is 126 Å². The SMILES string of the molecule is COC(=O)CNC(=O)Cn1nc(-c2ccccc2)ccc1=O. The van der Waals surface area contributed by atoms with Crippen molar-refractivity contribution >= 4 is 11.9 Å². The predicted molar refractivity (Wildman–Crippen MR) is 79.0 cm³/mol. The standard InChI is InChI=1S/C15H15N3O4/c1-22-15(21)9-16-13(19)10-18-14(20)8-7-12(17-18)11-5-3-2-4-6-11/h2-8H,9-10H2,1H3,(H,16,19). The predicted octanol–water partition coefficient (Wildman–Crippen LogP) is 0.199. The molecule has 1 N–H and O–H groups in total. The summed E-state index contributed by atoms with van der Waals surface area (Å²) in [6.07, 6.45) is 0. The molecule has 1 amide bonds. The molecule has 0 aliphatic rings. The highest BCUT2D eigenvalue weighted by molar-refractivity contribution is 5.81. The van der Waals surface area contributed by atoms with Crippen LogP contribution in [0, 0.1) is 0 Å². The van der Waals surface area contributed by atoms with E-state index < -0.39 is 17.4 Å². The van der Waals surface area contributed by atoms with E-state index in [1.807, 2.05) is 30.3 Å². The van der Waals surface area contributed by atoms with E-state index in [4.69, 9.17) is 0 Å². The number of benzene rings is 1. The van der Waals surface area contributed by atoms with E-state index in [-0.39, 0.29) is 13.1 Å². The van der Waals surface area contributed by atoms with Gasteiger partial charge in [0.05, 0.1) is 12.8 Å². The second-order valence-corrected chi connectivity index (χ2v) is 4.43. The average molecular weight is 301 g/mol. The minimum absolute atomic E-state index is 0.248. The number of ether oxygens (including phenoxy) is 1. The van der Waals surface area contributed by atoms with Crippen LogP contribution in [0.1, 0.15) is 0 Å². The van der Waals surface area contributed by atoms with E-state index in [0.717, 1.165) is 10.2 Å². The fourth-order valence-corrected chi connectivity index (χ4v) is 1.76. The number of nitrogens with one attached hydrogen (secondary N) is 1. The number of amides is 1. The summed E-state index contributed by atoms with van der Waals surface area (Å²) >= 11 is 0. The molecule has 0 aliphatic carbocycles. The van der Waals surface area contributed by atoms with Gasteiger partial charge in [-0.05, 0) is 6.07 Å². The lowest BCUT2D eigenvalue weighted by atomic mass is 10.1. The van der Waals surface area contributed by atoms with Gasteiger partial charge in [-0.2, -0.15) is 5.10 Å². The van der Waals surface area contributed by atoms with Crippen LogP contribution in [0.5, 0.6) is 0 Å². The molecule has 0 aliphatic heterocycles. The molecule has 2 aromatic rings. The molecule has 0 atom stereocenters. The third-order valence-corrected chi connectivity index (χ3v) is 2.89. The summed E-state index contributed by atoms with van der Waals surface area (Å²) in [5.41, 5.74) is 1.03. The molecule has 0 bridgehead atoms. The van der Waals surface area contributed by atoms with Crippen LogP contribution in [0.15, 0.2) is 47.3 Å². The summed E-state index contributed by atoms with van der Waals surface area (Å²) in [6, 6.07) is 12.2. The molecule has 0 spiro atoms. The Balaban J connectivity index is 2.12. The minimum Gasteiger partial charge on any atom is -0.468 e. The van der Waals surface area contributed by atoms with E-state index in [1.54, 1.807) is 6.07 Å². The number of aromatic nitrogens is 2. The molecule has 0 fully saturated rings. The molecule has 7 heteroatoms. The summed E-state index contributed by atoms with van der Waals surface area (Å²) in [7, 11) is 1.23. The van der Waals surface area contributed by atoms with Crippen molar-refractivity contribution in [1.82, 2.24) is 15.1 Å². The number of carbonyl (C=O) groups is 2.